The van der Waals surface area contributed by atoms with Crippen LogP contribution in [0.1, 0.15) is 46.0 Å². The number of benzene rings is 2. The summed E-state index contributed by atoms with van der Waals surface area (Å²) in [7, 11) is 2.96. The molecule has 0 spiro atoms. The van der Waals surface area contributed by atoms with Crippen molar-refractivity contribution in [3.8, 4) is 0 Å². The molecule has 2 aromatic carbocycles. The summed E-state index contributed by atoms with van der Waals surface area (Å²) in [6.07, 6.45) is 1.48. The van der Waals surface area contributed by atoms with Gasteiger partial charge in [0.1, 0.15) is 6.04 Å². The van der Waals surface area contributed by atoms with E-state index >= 15 is 0 Å². The fraction of sp³-hybridized carbons (Fsp3) is 0.318. The molecule has 1 unspecified atom stereocenters. The minimum absolute atomic E-state index is 0.218. The Bertz CT molecular complexity index is 1030. The fourth-order valence-corrected chi connectivity index (χ4v) is 4.18. The van der Waals surface area contributed by atoms with E-state index in [4.69, 9.17) is 16.4 Å². The van der Waals surface area contributed by atoms with Crippen LogP contribution < -0.4 is 5.32 Å². The molecule has 0 aromatic heterocycles. The first kappa shape index (κ1) is 20.4. The van der Waals surface area contributed by atoms with Crippen molar-refractivity contribution in [3.05, 3.63) is 64.2 Å². The molecule has 0 saturated heterocycles. The molecule has 4 rings (SSSR count). The number of hydrogen-bond acceptors (Lipinski definition) is 4. The van der Waals surface area contributed by atoms with E-state index in [0.717, 1.165) is 23.5 Å². The van der Waals surface area contributed by atoms with Gasteiger partial charge in [-0.05, 0) is 55.7 Å². The van der Waals surface area contributed by atoms with Crippen LogP contribution in [0.3, 0.4) is 0 Å². The smallest absolute Gasteiger partial charge is 0.277 e. The Morgan fingerprint density at radius 2 is 1.87 bits per heavy atom. The number of hydrogen-bond donors (Lipinski definition) is 1. The van der Waals surface area contributed by atoms with E-state index in [-0.39, 0.29) is 17.7 Å². The van der Waals surface area contributed by atoms with Crippen LogP contribution in [0.2, 0.25) is 5.02 Å². The third-order valence-electron chi connectivity index (χ3n) is 5.87. The molecule has 2 aliphatic rings. The SMILES string of the molecule is CON(C)C(=O)c1ccc(C2(N3C(=O)c4ccc(Cl)cc4NC(=O)C3C)CC2)cc1. The van der Waals surface area contributed by atoms with Crippen LogP contribution in [-0.4, -0.2) is 47.9 Å². The highest BCUT2D eigenvalue weighted by atomic mass is 35.5. The van der Waals surface area contributed by atoms with Crippen molar-refractivity contribution in [2.24, 2.45) is 0 Å². The van der Waals surface area contributed by atoms with Crippen LogP contribution in [0.15, 0.2) is 42.5 Å². The van der Waals surface area contributed by atoms with Gasteiger partial charge < -0.3 is 10.2 Å². The quantitative estimate of drug-likeness (QED) is 0.758. The summed E-state index contributed by atoms with van der Waals surface area (Å²) in [5.74, 6) is -0.744. The van der Waals surface area contributed by atoms with Crippen molar-refractivity contribution in [2.75, 3.05) is 19.5 Å². The van der Waals surface area contributed by atoms with Crippen molar-refractivity contribution in [3.63, 3.8) is 0 Å². The molecule has 8 heteroatoms. The van der Waals surface area contributed by atoms with Crippen molar-refractivity contribution < 1.29 is 19.2 Å². The number of halogens is 1. The van der Waals surface area contributed by atoms with Crippen LogP contribution in [-0.2, 0) is 15.2 Å². The van der Waals surface area contributed by atoms with Gasteiger partial charge in [-0.15, -0.1) is 0 Å². The van der Waals surface area contributed by atoms with Crippen LogP contribution in [0.5, 0.6) is 0 Å². The Morgan fingerprint density at radius 3 is 2.47 bits per heavy atom. The number of anilines is 1. The molecular formula is C22H22ClN3O4. The predicted octanol–water partition coefficient (Wildman–Crippen LogP) is 3.45. The largest absolute Gasteiger partial charge is 0.324 e. The predicted molar refractivity (Wildman–Crippen MR) is 112 cm³/mol. The molecule has 1 N–H and O–H groups in total. The maximum atomic E-state index is 13.5. The van der Waals surface area contributed by atoms with Gasteiger partial charge in [0.2, 0.25) is 5.91 Å². The van der Waals surface area contributed by atoms with Gasteiger partial charge in [0.15, 0.2) is 0 Å². The van der Waals surface area contributed by atoms with E-state index in [1.165, 1.54) is 7.11 Å². The van der Waals surface area contributed by atoms with Gasteiger partial charge in [-0.3, -0.25) is 19.2 Å². The maximum Gasteiger partial charge on any atom is 0.277 e. The van der Waals surface area contributed by atoms with Crippen molar-refractivity contribution in [2.45, 2.75) is 31.3 Å². The molecule has 0 bridgehead atoms. The number of fused-ring (bicyclic) bond motifs is 1. The van der Waals surface area contributed by atoms with Crippen molar-refractivity contribution in [1.29, 1.82) is 0 Å². The van der Waals surface area contributed by atoms with E-state index in [0.29, 0.717) is 21.8 Å². The van der Waals surface area contributed by atoms with Gasteiger partial charge in [0.25, 0.3) is 11.8 Å². The molecular weight excluding hydrogens is 406 g/mol. The standard InChI is InChI=1S/C22H22ClN3O4/c1-13-19(27)24-18-12-16(23)8-9-17(18)21(29)26(13)22(10-11-22)15-6-4-14(5-7-15)20(28)25(2)30-3/h4-9,12-13H,10-11H2,1-3H3,(H,24,27). The van der Waals surface area contributed by atoms with E-state index < -0.39 is 11.6 Å². The highest BCUT2D eigenvalue weighted by Gasteiger charge is 2.55. The van der Waals surface area contributed by atoms with Gasteiger partial charge in [-0.2, -0.15) is 0 Å². The van der Waals surface area contributed by atoms with E-state index in [9.17, 15) is 14.4 Å². The number of carbonyl (C=O) groups is 3. The summed E-state index contributed by atoms with van der Waals surface area (Å²) < 4.78 is 0. The lowest BCUT2D eigenvalue weighted by molar-refractivity contribution is -0.120. The van der Waals surface area contributed by atoms with Gasteiger partial charge >= 0.3 is 0 Å². The first-order chi connectivity index (χ1) is 14.3. The Labute approximate surface area is 179 Å². The third kappa shape index (κ3) is 3.24. The Balaban J connectivity index is 1.71. The fourth-order valence-electron chi connectivity index (χ4n) is 4.01. The summed E-state index contributed by atoms with van der Waals surface area (Å²) in [5, 5.41) is 4.41. The van der Waals surface area contributed by atoms with Crippen molar-refractivity contribution >= 4 is 35.0 Å². The molecule has 30 heavy (non-hydrogen) atoms. The summed E-state index contributed by atoms with van der Waals surface area (Å²) in [4.78, 5) is 45.2. The zero-order valence-electron chi connectivity index (χ0n) is 16.9. The lowest BCUT2D eigenvalue weighted by Gasteiger charge is -2.35. The molecule has 1 atom stereocenters. The molecule has 1 heterocycles. The van der Waals surface area contributed by atoms with Crippen LogP contribution >= 0.6 is 11.6 Å². The van der Waals surface area contributed by atoms with E-state index in [1.54, 1.807) is 49.2 Å². The van der Waals surface area contributed by atoms with Crippen molar-refractivity contribution in [1.82, 2.24) is 9.96 Å². The van der Waals surface area contributed by atoms with Gasteiger partial charge in [0.05, 0.1) is 23.9 Å². The lowest BCUT2D eigenvalue weighted by atomic mass is 9.98. The van der Waals surface area contributed by atoms with Crippen LogP contribution in [0.25, 0.3) is 0 Å². The van der Waals surface area contributed by atoms with Gasteiger partial charge in [-0.1, -0.05) is 23.7 Å². The first-order valence-corrected chi connectivity index (χ1v) is 10.0. The normalized spacial score (nSPS) is 19.6. The minimum Gasteiger partial charge on any atom is -0.324 e. The molecule has 0 radical (unpaired) electrons. The summed E-state index contributed by atoms with van der Waals surface area (Å²) in [6, 6.07) is 11.3. The molecule has 1 aliphatic carbocycles. The molecule has 7 nitrogen and oxygen atoms in total. The third-order valence-corrected chi connectivity index (χ3v) is 6.10. The average Bonchev–Trinajstić information content (AvgIpc) is 3.54. The number of carbonyl (C=O) groups excluding carboxylic acids is 3. The maximum absolute atomic E-state index is 13.5. The van der Waals surface area contributed by atoms with Gasteiger partial charge in [-0.25, -0.2) is 5.06 Å². The summed E-state index contributed by atoms with van der Waals surface area (Å²) in [6.45, 7) is 1.73. The second-order valence-corrected chi connectivity index (χ2v) is 8.06. The topological polar surface area (TPSA) is 79.0 Å². The molecule has 1 aliphatic heterocycles. The Kier molecular flexibility index (Phi) is 5.03. The second kappa shape index (κ2) is 7.41. The molecule has 156 valence electrons. The zero-order valence-corrected chi connectivity index (χ0v) is 17.7. The summed E-state index contributed by atoms with van der Waals surface area (Å²) in [5.41, 5.74) is 1.63. The molecule has 3 amide bonds. The summed E-state index contributed by atoms with van der Waals surface area (Å²) >= 11 is 6.05. The highest BCUT2D eigenvalue weighted by Crippen LogP contribution is 2.53. The number of rotatable bonds is 4. The highest BCUT2D eigenvalue weighted by molar-refractivity contribution is 6.31. The second-order valence-electron chi connectivity index (χ2n) is 7.62. The zero-order chi connectivity index (χ0) is 21.6. The minimum atomic E-state index is -0.660. The first-order valence-electron chi connectivity index (χ1n) is 9.65. The number of nitrogens with one attached hydrogen (secondary N) is 1. The average molecular weight is 428 g/mol. The van der Waals surface area contributed by atoms with E-state index in [2.05, 4.69) is 5.32 Å². The monoisotopic (exact) mass is 427 g/mol. The van der Waals surface area contributed by atoms with Gasteiger partial charge in [0, 0.05) is 17.6 Å². The lowest BCUT2D eigenvalue weighted by Crippen LogP contribution is -2.49. The molecule has 2 aromatic rings. The Morgan fingerprint density at radius 1 is 1.20 bits per heavy atom. The van der Waals surface area contributed by atoms with Crippen LogP contribution in [0, 0.1) is 0 Å². The number of hydroxylamine groups is 2. The molecule has 1 fully saturated rings. The van der Waals surface area contributed by atoms with Crippen LogP contribution in [0.4, 0.5) is 5.69 Å². The Hall–Kier alpha value is -2.90. The molecule has 1 saturated carbocycles. The number of amides is 3. The van der Waals surface area contributed by atoms with E-state index in [1.807, 2.05) is 12.1 Å². The number of nitrogens with zero attached hydrogens (tertiary/aromatic N) is 2.